The van der Waals surface area contributed by atoms with Gasteiger partial charge in [-0.05, 0) is 48.6 Å². The van der Waals surface area contributed by atoms with E-state index in [2.05, 4.69) is 29.6 Å². The highest BCUT2D eigenvalue weighted by molar-refractivity contribution is 5.56. The van der Waals surface area contributed by atoms with E-state index >= 15 is 0 Å². The molecule has 1 aliphatic rings. The van der Waals surface area contributed by atoms with Gasteiger partial charge < -0.3 is 20.1 Å². The van der Waals surface area contributed by atoms with Crippen molar-refractivity contribution in [3.8, 4) is 11.5 Å². The summed E-state index contributed by atoms with van der Waals surface area (Å²) < 4.78 is 26.4. The minimum atomic E-state index is -0.329. The second-order valence-electron chi connectivity index (χ2n) is 8.95. The van der Waals surface area contributed by atoms with Crippen molar-refractivity contribution in [2.24, 2.45) is 0 Å². The minimum Gasteiger partial charge on any atom is -0.457 e. The van der Waals surface area contributed by atoms with Crippen molar-refractivity contribution in [1.82, 2.24) is 19.6 Å². The summed E-state index contributed by atoms with van der Waals surface area (Å²) in [4.78, 5) is 9.51. The first kappa shape index (κ1) is 23.0. The first-order valence-electron chi connectivity index (χ1n) is 11.9. The average molecular weight is 477 g/mol. The molecule has 1 fully saturated rings. The maximum atomic E-state index is 13.4. The predicted octanol–water partition coefficient (Wildman–Crippen LogP) is 5.38. The lowest BCUT2D eigenvalue weighted by molar-refractivity contribution is 0.0903. The molecule has 0 spiro atoms. The number of nitrogens with zero attached hydrogens (tertiary/aromatic N) is 4. The molecule has 0 radical (unpaired) electrons. The molecular formula is C26H29FN6O2. The van der Waals surface area contributed by atoms with Crippen LogP contribution in [-0.4, -0.2) is 38.8 Å². The molecule has 1 saturated heterocycles. The normalized spacial score (nSPS) is 14.4. The number of hydrogen-bond donors (Lipinski definition) is 2. The Hall–Kier alpha value is -3.72. The van der Waals surface area contributed by atoms with Gasteiger partial charge in [-0.1, -0.05) is 32.0 Å². The van der Waals surface area contributed by atoms with E-state index in [1.54, 1.807) is 16.6 Å². The zero-order valence-corrected chi connectivity index (χ0v) is 19.9. The molecule has 9 heteroatoms. The van der Waals surface area contributed by atoms with Gasteiger partial charge in [0.25, 0.3) is 0 Å². The number of fused-ring (bicyclic) bond motifs is 1. The summed E-state index contributed by atoms with van der Waals surface area (Å²) in [7, 11) is 0. The monoisotopic (exact) mass is 476 g/mol. The molecule has 0 aliphatic carbocycles. The van der Waals surface area contributed by atoms with Crippen LogP contribution in [-0.2, 0) is 11.3 Å². The third kappa shape index (κ3) is 5.51. The zero-order valence-electron chi connectivity index (χ0n) is 19.9. The van der Waals surface area contributed by atoms with E-state index in [4.69, 9.17) is 19.4 Å². The molecule has 2 N–H and O–H groups in total. The van der Waals surface area contributed by atoms with Crippen LogP contribution < -0.4 is 15.4 Å². The summed E-state index contributed by atoms with van der Waals surface area (Å²) in [5.41, 5.74) is 2.91. The van der Waals surface area contributed by atoms with Crippen molar-refractivity contribution in [2.75, 3.05) is 23.8 Å². The Labute approximate surface area is 203 Å². The van der Waals surface area contributed by atoms with Crippen LogP contribution in [0.2, 0.25) is 0 Å². The van der Waals surface area contributed by atoms with Crippen molar-refractivity contribution in [3.05, 3.63) is 71.7 Å². The first-order chi connectivity index (χ1) is 17.0. The Bertz CT molecular complexity index is 1280. The topological polar surface area (TPSA) is 85.6 Å². The van der Waals surface area contributed by atoms with E-state index in [1.807, 2.05) is 30.5 Å². The Morgan fingerprint density at radius 3 is 2.63 bits per heavy atom. The quantitative estimate of drug-likeness (QED) is 0.353. The Balaban J connectivity index is 1.33. The molecule has 182 valence electrons. The van der Waals surface area contributed by atoms with Gasteiger partial charge in [0.05, 0.1) is 6.20 Å². The Morgan fingerprint density at radius 2 is 1.89 bits per heavy atom. The number of nitrogens with one attached hydrogen (secondary N) is 2. The second kappa shape index (κ2) is 10.3. The number of rotatable bonds is 8. The van der Waals surface area contributed by atoms with Gasteiger partial charge in [-0.2, -0.15) is 19.6 Å². The van der Waals surface area contributed by atoms with Crippen molar-refractivity contribution < 1.29 is 13.9 Å². The number of halogens is 1. The van der Waals surface area contributed by atoms with Gasteiger partial charge in [-0.25, -0.2) is 4.39 Å². The molecule has 35 heavy (non-hydrogen) atoms. The van der Waals surface area contributed by atoms with E-state index in [9.17, 15) is 4.39 Å². The fraction of sp³-hybridized carbons (Fsp3) is 0.346. The average Bonchev–Trinajstić information content (AvgIpc) is 3.29. The van der Waals surface area contributed by atoms with E-state index in [0.29, 0.717) is 29.9 Å². The number of ether oxygens (including phenoxy) is 2. The summed E-state index contributed by atoms with van der Waals surface area (Å²) in [5.74, 6) is 2.27. The molecule has 0 amide bonds. The largest absolute Gasteiger partial charge is 0.457 e. The first-order valence-corrected chi connectivity index (χ1v) is 11.9. The van der Waals surface area contributed by atoms with Gasteiger partial charge in [0.1, 0.15) is 17.3 Å². The smallest absolute Gasteiger partial charge is 0.229 e. The van der Waals surface area contributed by atoms with Gasteiger partial charge in [-0.3, -0.25) is 0 Å². The van der Waals surface area contributed by atoms with Crippen molar-refractivity contribution in [1.29, 1.82) is 0 Å². The second-order valence-corrected chi connectivity index (χ2v) is 8.95. The highest BCUT2D eigenvalue weighted by Gasteiger charge is 2.19. The number of benzene rings is 2. The molecule has 4 aromatic rings. The summed E-state index contributed by atoms with van der Waals surface area (Å²) >= 11 is 0. The highest BCUT2D eigenvalue weighted by Crippen LogP contribution is 2.25. The lowest BCUT2D eigenvalue weighted by atomic mass is 10.1. The van der Waals surface area contributed by atoms with Crippen molar-refractivity contribution in [2.45, 2.75) is 45.2 Å². The molecular weight excluding hydrogens is 447 g/mol. The molecule has 8 nitrogen and oxygen atoms in total. The lowest BCUT2D eigenvalue weighted by Crippen LogP contribution is -2.29. The van der Waals surface area contributed by atoms with Gasteiger partial charge >= 0.3 is 0 Å². The van der Waals surface area contributed by atoms with E-state index in [0.717, 1.165) is 42.8 Å². The lowest BCUT2D eigenvalue weighted by Gasteiger charge is -2.23. The van der Waals surface area contributed by atoms with Gasteiger partial charge in [-0.15, -0.1) is 0 Å². The number of hydrogen-bond acceptors (Lipinski definition) is 7. The van der Waals surface area contributed by atoms with E-state index in [-0.39, 0.29) is 17.8 Å². The summed E-state index contributed by atoms with van der Waals surface area (Å²) in [6.45, 7) is 6.29. The zero-order chi connectivity index (χ0) is 24.2. The van der Waals surface area contributed by atoms with Crippen molar-refractivity contribution >= 4 is 17.5 Å². The van der Waals surface area contributed by atoms with Crippen LogP contribution in [0.4, 0.5) is 16.3 Å². The van der Waals surface area contributed by atoms with Crippen LogP contribution in [0.1, 0.15) is 43.7 Å². The highest BCUT2D eigenvalue weighted by atomic mass is 19.1. The molecule has 3 heterocycles. The molecule has 0 unspecified atom stereocenters. The van der Waals surface area contributed by atoms with Crippen LogP contribution in [0.15, 0.2) is 54.7 Å². The van der Waals surface area contributed by atoms with Crippen LogP contribution >= 0.6 is 0 Å². The van der Waals surface area contributed by atoms with Gasteiger partial charge in [0, 0.05) is 37.4 Å². The summed E-state index contributed by atoms with van der Waals surface area (Å²) in [6.07, 6.45) is 3.71. The van der Waals surface area contributed by atoms with Gasteiger partial charge in [0.15, 0.2) is 5.65 Å². The Kier molecular flexibility index (Phi) is 6.76. The van der Waals surface area contributed by atoms with E-state index in [1.165, 1.54) is 12.1 Å². The van der Waals surface area contributed by atoms with Crippen LogP contribution in [0, 0.1) is 5.82 Å². The fourth-order valence-electron chi connectivity index (χ4n) is 4.03. The maximum absolute atomic E-state index is 13.4. The van der Waals surface area contributed by atoms with Crippen molar-refractivity contribution in [3.63, 3.8) is 0 Å². The molecule has 5 rings (SSSR count). The molecule has 2 aromatic heterocycles. The maximum Gasteiger partial charge on any atom is 0.229 e. The minimum absolute atomic E-state index is 0.287. The predicted molar refractivity (Wildman–Crippen MR) is 133 cm³/mol. The fourth-order valence-corrected chi connectivity index (χ4v) is 4.03. The van der Waals surface area contributed by atoms with Crippen LogP contribution in [0.25, 0.3) is 5.65 Å². The molecule has 1 aliphatic heterocycles. The summed E-state index contributed by atoms with van der Waals surface area (Å²) in [5, 5.41) is 11.4. The molecule has 0 bridgehead atoms. The summed E-state index contributed by atoms with van der Waals surface area (Å²) in [6, 6.07) is 14.0. The van der Waals surface area contributed by atoms with Crippen LogP contribution in [0.3, 0.4) is 0 Å². The van der Waals surface area contributed by atoms with E-state index < -0.39 is 0 Å². The molecule has 2 aromatic carbocycles. The van der Waals surface area contributed by atoms with Gasteiger partial charge in [0.2, 0.25) is 11.9 Å². The standard InChI is InChI=1S/C26H29FN6O2/c1-17(2)23-16-29-33-24(23)31-25(30-20-10-12-34-13-11-20)32-26(33)28-15-18-6-8-21(9-7-18)35-22-5-3-4-19(27)14-22/h3-9,14,16-17,20H,10-13,15H2,1-2H3,(H2,28,30,31,32). The number of aromatic nitrogens is 4. The van der Waals surface area contributed by atoms with Crippen LogP contribution in [0.5, 0.6) is 11.5 Å². The third-order valence-electron chi connectivity index (χ3n) is 5.98. The number of anilines is 2. The SMILES string of the molecule is CC(C)c1cnn2c(NCc3ccc(Oc4cccc(F)c4)cc3)nc(NC3CCOCC3)nc12. The molecule has 0 atom stereocenters. The Morgan fingerprint density at radius 1 is 1.09 bits per heavy atom. The molecule has 0 saturated carbocycles. The third-order valence-corrected chi connectivity index (χ3v) is 5.98.